The molecular weight excluding hydrogens is 821 g/mol. The number of halogens is 4. The van der Waals surface area contributed by atoms with Crippen LogP contribution in [-0.2, 0) is 33.4 Å². The van der Waals surface area contributed by atoms with Gasteiger partial charge in [0.15, 0.2) is 6.61 Å². The molecule has 61 heavy (non-hydrogen) atoms. The van der Waals surface area contributed by atoms with E-state index < -0.39 is 52.9 Å². The fraction of sp³-hybridized carbons (Fsp3) is 0.214. The van der Waals surface area contributed by atoms with E-state index in [2.05, 4.69) is 31.0 Å². The summed E-state index contributed by atoms with van der Waals surface area (Å²) >= 11 is 6.12. The van der Waals surface area contributed by atoms with Crippen LogP contribution in [0, 0.1) is 0 Å². The van der Waals surface area contributed by atoms with Crippen LogP contribution in [0.5, 0.6) is 5.75 Å². The van der Waals surface area contributed by atoms with Gasteiger partial charge in [-0.3, -0.25) is 44.1 Å². The number of ether oxygens (including phenoxy) is 1. The minimum atomic E-state index is -4.53. The Morgan fingerprint density at radius 3 is 2.43 bits per heavy atom. The van der Waals surface area contributed by atoms with Gasteiger partial charge in [-0.15, -0.1) is 0 Å². The molecule has 0 saturated carbocycles. The van der Waals surface area contributed by atoms with Gasteiger partial charge in [-0.05, 0) is 85.0 Å². The monoisotopic (exact) mass is 854 g/mol. The predicted molar refractivity (Wildman–Crippen MR) is 215 cm³/mol. The van der Waals surface area contributed by atoms with Crippen molar-refractivity contribution in [2.75, 3.05) is 25.0 Å². The zero-order valence-electron chi connectivity index (χ0n) is 31.8. The maximum atomic E-state index is 13.8. The van der Waals surface area contributed by atoms with Crippen LogP contribution < -0.4 is 26.2 Å². The summed E-state index contributed by atoms with van der Waals surface area (Å²) in [4.78, 5) is 85.2. The number of aromatic amines is 2. The van der Waals surface area contributed by atoms with Gasteiger partial charge in [0.2, 0.25) is 17.8 Å². The first kappa shape index (κ1) is 40.6. The second-order valence-electron chi connectivity index (χ2n) is 14.3. The van der Waals surface area contributed by atoms with Crippen molar-refractivity contribution in [3.63, 3.8) is 0 Å². The third-order valence-electron chi connectivity index (χ3n) is 10.3. The van der Waals surface area contributed by atoms with Crippen LogP contribution in [0.4, 0.5) is 18.9 Å². The lowest BCUT2D eigenvalue weighted by Gasteiger charge is -2.27. The summed E-state index contributed by atoms with van der Waals surface area (Å²) in [5.74, 6) is -2.29. The molecule has 0 aliphatic carbocycles. The van der Waals surface area contributed by atoms with Crippen molar-refractivity contribution in [3.8, 4) is 23.0 Å². The van der Waals surface area contributed by atoms with Crippen LogP contribution in [0.2, 0.25) is 5.02 Å². The summed E-state index contributed by atoms with van der Waals surface area (Å²) in [7, 11) is 0. The maximum absolute atomic E-state index is 13.8. The molecule has 4 heterocycles. The molecule has 0 spiro atoms. The highest BCUT2D eigenvalue weighted by Crippen LogP contribution is 2.33. The summed E-state index contributed by atoms with van der Waals surface area (Å²) in [6.07, 6.45) is -3.89. The molecule has 8 rings (SSSR count). The number of aromatic nitrogens is 4. The summed E-state index contributed by atoms with van der Waals surface area (Å²) < 4.78 is 46.9. The highest BCUT2D eigenvalue weighted by Gasteiger charge is 2.45. The summed E-state index contributed by atoms with van der Waals surface area (Å²) in [6, 6.07) is 20.0. The van der Waals surface area contributed by atoms with Gasteiger partial charge in [0.1, 0.15) is 11.8 Å². The van der Waals surface area contributed by atoms with E-state index in [4.69, 9.17) is 16.3 Å². The number of anilines is 1. The van der Waals surface area contributed by atoms with E-state index >= 15 is 0 Å². The van der Waals surface area contributed by atoms with Gasteiger partial charge in [0.25, 0.3) is 23.3 Å². The zero-order chi connectivity index (χ0) is 43.0. The van der Waals surface area contributed by atoms with E-state index in [9.17, 15) is 41.9 Å². The lowest BCUT2D eigenvalue weighted by Crippen LogP contribution is -2.54. The van der Waals surface area contributed by atoms with Gasteiger partial charge in [-0.2, -0.15) is 17.9 Å². The predicted octanol–water partition coefficient (Wildman–Crippen LogP) is 5.17. The molecule has 2 aliphatic rings. The average Bonchev–Trinajstić information content (AvgIpc) is 3.88. The Balaban J connectivity index is 0.863. The van der Waals surface area contributed by atoms with Crippen LogP contribution in [0.25, 0.3) is 28.2 Å². The molecule has 0 radical (unpaired) electrons. The fourth-order valence-electron chi connectivity index (χ4n) is 7.27. The van der Waals surface area contributed by atoms with Gasteiger partial charge in [0.05, 0.1) is 33.4 Å². The number of hydrogen-bond acceptors (Lipinski definition) is 9. The first-order chi connectivity index (χ1) is 29.2. The number of hydrogen-bond donors (Lipinski definition) is 5. The van der Waals surface area contributed by atoms with Gasteiger partial charge < -0.3 is 20.4 Å². The molecule has 1 saturated heterocycles. The normalized spacial score (nSPS) is 15.3. The number of fused-ring (bicyclic) bond motifs is 2. The molecule has 1 fully saturated rings. The van der Waals surface area contributed by atoms with E-state index in [0.29, 0.717) is 50.7 Å². The number of carbonyl (C=O) groups is 5. The first-order valence-corrected chi connectivity index (χ1v) is 19.4. The minimum Gasteiger partial charge on any atom is -0.484 e. The molecule has 4 aromatic carbocycles. The smallest absolute Gasteiger partial charge is 0.416 e. The number of benzene rings is 4. The van der Waals surface area contributed by atoms with Gasteiger partial charge >= 0.3 is 6.18 Å². The van der Waals surface area contributed by atoms with E-state index in [0.717, 1.165) is 22.6 Å². The standard InChI is InChI=1S/C42H34ClF3N8O7/c43-25-11-15-29-31(20-25)50-41(49-29)54-39(59)28(36(52-54)23-7-9-24(10-8-23)42(44,45)46)14-6-22-4-12-26(13-5-22)61-21-34(56)48-19-18-47-30-3-1-2-27-35(30)40(60)53(38(27)58)32-16-17-33(55)51-37(32)57/h1-5,7-13,15,20,32,47,52H,6,14,16-19,21H2,(H,48,56)(H,49,50)(H,51,55,57). The minimum absolute atomic E-state index is 0.00633. The molecule has 312 valence electrons. The molecule has 19 heteroatoms. The number of alkyl halides is 3. The van der Waals surface area contributed by atoms with Crippen LogP contribution in [0.3, 0.4) is 0 Å². The van der Waals surface area contributed by atoms with Crippen LogP contribution in [0.1, 0.15) is 50.2 Å². The van der Waals surface area contributed by atoms with Crippen molar-refractivity contribution in [1.82, 2.24) is 35.3 Å². The highest BCUT2D eigenvalue weighted by atomic mass is 35.5. The molecule has 6 aromatic rings. The number of nitrogens with one attached hydrogen (secondary N) is 5. The number of piperidine rings is 1. The lowest BCUT2D eigenvalue weighted by molar-refractivity contribution is -0.138. The summed E-state index contributed by atoms with van der Waals surface area (Å²) in [5, 5.41) is 11.4. The topological polar surface area (TPSA) is 200 Å². The Morgan fingerprint density at radius 1 is 0.918 bits per heavy atom. The number of imidazole rings is 1. The Labute approximate surface area is 348 Å². The zero-order valence-corrected chi connectivity index (χ0v) is 32.6. The highest BCUT2D eigenvalue weighted by molar-refractivity contribution is 6.31. The maximum Gasteiger partial charge on any atom is 0.416 e. The molecule has 2 aliphatic heterocycles. The van der Waals surface area contributed by atoms with Crippen LogP contribution in [0.15, 0.2) is 89.7 Å². The second-order valence-corrected chi connectivity index (χ2v) is 14.7. The van der Waals surface area contributed by atoms with Crippen molar-refractivity contribution in [1.29, 1.82) is 0 Å². The largest absolute Gasteiger partial charge is 0.484 e. The van der Waals surface area contributed by atoms with Crippen molar-refractivity contribution in [3.05, 3.63) is 128 Å². The van der Waals surface area contributed by atoms with E-state index in [1.807, 2.05) is 0 Å². The Kier molecular flexibility index (Phi) is 10.9. The average molecular weight is 855 g/mol. The molecule has 1 unspecified atom stereocenters. The number of rotatable bonds is 13. The number of carbonyl (C=O) groups excluding carboxylic acids is 5. The number of amides is 5. The van der Waals surface area contributed by atoms with Crippen molar-refractivity contribution in [2.24, 2.45) is 0 Å². The van der Waals surface area contributed by atoms with E-state index in [-0.39, 0.29) is 56.0 Å². The Morgan fingerprint density at radius 2 is 1.69 bits per heavy atom. The van der Waals surface area contributed by atoms with E-state index in [1.165, 1.54) is 22.9 Å². The van der Waals surface area contributed by atoms with Crippen LogP contribution in [-0.4, -0.2) is 79.9 Å². The van der Waals surface area contributed by atoms with Crippen molar-refractivity contribution in [2.45, 2.75) is 37.9 Å². The molecule has 2 aromatic heterocycles. The molecule has 1 atom stereocenters. The van der Waals surface area contributed by atoms with Crippen molar-refractivity contribution >= 4 is 57.9 Å². The van der Waals surface area contributed by atoms with Crippen LogP contribution >= 0.6 is 11.6 Å². The summed E-state index contributed by atoms with van der Waals surface area (Å²) in [5.41, 5.74) is 2.34. The fourth-order valence-corrected chi connectivity index (χ4v) is 7.45. The molecule has 15 nitrogen and oxygen atoms in total. The lowest BCUT2D eigenvalue weighted by atomic mass is 10.0. The third-order valence-corrected chi connectivity index (χ3v) is 10.6. The Hall–Kier alpha value is -7.21. The first-order valence-electron chi connectivity index (χ1n) is 19.0. The third kappa shape index (κ3) is 8.34. The second kappa shape index (κ2) is 16.4. The molecule has 0 bridgehead atoms. The SMILES string of the molecule is O=C(COc1ccc(CCc2c(-c3ccc(C(F)(F)F)cc3)[nH]n(-c3nc4ccc(Cl)cc4[nH]3)c2=O)cc1)NCCNc1cccc2c1C(=O)N(C1CCC(=O)NC1=O)C2=O. The molecular formula is C42H34ClF3N8O7. The number of aryl methyl sites for hydroxylation is 1. The van der Waals surface area contributed by atoms with Gasteiger partial charge in [-0.1, -0.05) is 41.9 Å². The quantitative estimate of drug-likeness (QED) is 0.0768. The van der Waals surface area contributed by atoms with Gasteiger partial charge in [-0.25, -0.2) is 4.98 Å². The van der Waals surface area contributed by atoms with Gasteiger partial charge in [0, 0.05) is 35.8 Å². The Bertz CT molecular complexity index is 2780. The molecule has 5 N–H and O–H groups in total. The van der Waals surface area contributed by atoms with E-state index in [1.54, 1.807) is 54.6 Å². The summed E-state index contributed by atoms with van der Waals surface area (Å²) in [6.45, 7) is 0.0297. The number of nitrogens with zero attached hydrogens (tertiary/aromatic N) is 3. The molecule has 5 amide bonds. The van der Waals surface area contributed by atoms with Crippen molar-refractivity contribution < 1.29 is 41.9 Å². The number of imide groups is 2. The number of H-pyrrole nitrogens is 2.